The minimum atomic E-state index is -0.336. The van der Waals surface area contributed by atoms with Gasteiger partial charge in [-0.1, -0.05) is 24.3 Å². The van der Waals surface area contributed by atoms with Crippen LogP contribution in [-0.2, 0) is 6.42 Å². The average Bonchev–Trinajstić information content (AvgIpc) is 2.45. The second-order valence-electron chi connectivity index (χ2n) is 5.14. The average molecular weight is 335 g/mol. The zero-order valence-electron chi connectivity index (χ0n) is 11.0. The Kier molecular flexibility index (Phi) is 3.66. The fourth-order valence-corrected chi connectivity index (χ4v) is 3.12. The summed E-state index contributed by atoms with van der Waals surface area (Å²) in [5.41, 5.74) is 9.82. The molecule has 1 aliphatic rings. The third kappa shape index (κ3) is 2.52. The number of anilines is 2. The molecule has 2 nitrogen and oxygen atoms in total. The van der Waals surface area contributed by atoms with Crippen molar-refractivity contribution in [3.63, 3.8) is 0 Å². The molecule has 1 atom stereocenters. The fraction of sp³-hybridized carbons (Fsp3) is 0.250. The van der Waals surface area contributed by atoms with Crippen molar-refractivity contribution in [2.45, 2.75) is 25.3 Å². The monoisotopic (exact) mass is 334 g/mol. The van der Waals surface area contributed by atoms with Crippen LogP contribution in [0.3, 0.4) is 0 Å². The number of nitrogens with two attached hydrogens (primary N) is 1. The number of halogens is 2. The summed E-state index contributed by atoms with van der Waals surface area (Å²) in [7, 11) is 0. The smallest absolute Gasteiger partial charge is 0.139 e. The van der Waals surface area contributed by atoms with Gasteiger partial charge in [0.05, 0.1) is 21.9 Å². The van der Waals surface area contributed by atoms with Crippen molar-refractivity contribution >= 4 is 27.3 Å². The van der Waals surface area contributed by atoms with Crippen LogP contribution in [0.15, 0.2) is 40.9 Å². The molecule has 0 fully saturated rings. The first kappa shape index (κ1) is 13.4. The molecule has 0 saturated carbocycles. The van der Waals surface area contributed by atoms with E-state index < -0.39 is 0 Å². The van der Waals surface area contributed by atoms with Gasteiger partial charge in [-0.25, -0.2) is 4.39 Å². The van der Waals surface area contributed by atoms with Crippen molar-refractivity contribution in [1.82, 2.24) is 0 Å². The van der Waals surface area contributed by atoms with E-state index in [-0.39, 0.29) is 11.9 Å². The highest BCUT2D eigenvalue weighted by atomic mass is 79.9. The van der Waals surface area contributed by atoms with Crippen LogP contribution in [-0.4, -0.2) is 0 Å². The molecular weight excluding hydrogens is 319 g/mol. The molecule has 0 aliphatic heterocycles. The van der Waals surface area contributed by atoms with E-state index in [1.54, 1.807) is 6.07 Å². The molecule has 1 aliphatic carbocycles. The summed E-state index contributed by atoms with van der Waals surface area (Å²) >= 11 is 3.21. The summed E-state index contributed by atoms with van der Waals surface area (Å²) in [6.45, 7) is 0. The van der Waals surface area contributed by atoms with Crippen molar-refractivity contribution in [2.75, 3.05) is 11.1 Å². The van der Waals surface area contributed by atoms with E-state index in [0.717, 1.165) is 24.9 Å². The molecule has 0 bridgehead atoms. The molecule has 2 aromatic rings. The van der Waals surface area contributed by atoms with Gasteiger partial charge in [0.1, 0.15) is 5.82 Å². The van der Waals surface area contributed by atoms with Gasteiger partial charge in [0, 0.05) is 6.07 Å². The SMILES string of the molecule is Nc1cc(F)c(Br)cc1NC1CCCc2ccccc21. The van der Waals surface area contributed by atoms with Crippen molar-refractivity contribution < 1.29 is 4.39 Å². The second kappa shape index (κ2) is 5.44. The molecule has 4 heteroatoms. The lowest BCUT2D eigenvalue weighted by molar-refractivity contribution is 0.599. The van der Waals surface area contributed by atoms with Gasteiger partial charge in [0.25, 0.3) is 0 Å². The summed E-state index contributed by atoms with van der Waals surface area (Å²) in [4.78, 5) is 0. The van der Waals surface area contributed by atoms with Crippen LogP contribution < -0.4 is 11.1 Å². The maximum atomic E-state index is 13.4. The highest BCUT2D eigenvalue weighted by Gasteiger charge is 2.20. The van der Waals surface area contributed by atoms with Gasteiger partial charge >= 0.3 is 0 Å². The highest BCUT2D eigenvalue weighted by molar-refractivity contribution is 9.10. The third-order valence-electron chi connectivity index (χ3n) is 3.79. The molecule has 2 aromatic carbocycles. The molecule has 0 radical (unpaired) electrons. The van der Waals surface area contributed by atoms with Crippen LogP contribution in [0.2, 0.25) is 0 Å². The van der Waals surface area contributed by atoms with E-state index in [1.165, 1.54) is 17.2 Å². The van der Waals surface area contributed by atoms with Crippen LogP contribution >= 0.6 is 15.9 Å². The summed E-state index contributed by atoms with van der Waals surface area (Å²) < 4.78 is 13.9. The van der Waals surface area contributed by atoms with Crippen molar-refractivity contribution in [3.05, 3.63) is 57.8 Å². The first-order chi connectivity index (χ1) is 9.65. The van der Waals surface area contributed by atoms with Crippen molar-refractivity contribution in [3.8, 4) is 0 Å². The molecule has 0 amide bonds. The Bertz CT molecular complexity index is 642. The summed E-state index contributed by atoms with van der Waals surface area (Å²) in [5.74, 6) is -0.336. The number of benzene rings is 2. The van der Waals surface area contributed by atoms with Gasteiger partial charge in [-0.05, 0) is 52.4 Å². The standard InChI is InChI=1S/C16H16BrFN2/c17-12-8-16(14(19)9-13(12)18)20-15-7-3-5-10-4-1-2-6-11(10)15/h1-2,4,6,8-9,15,20H,3,5,7,19H2. The first-order valence-electron chi connectivity index (χ1n) is 6.74. The van der Waals surface area contributed by atoms with E-state index in [1.807, 2.05) is 0 Å². The number of nitrogen functional groups attached to an aromatic ring is 1. The molecule has 3 N–H and O–H groups in total. The molecule has 3 rings (SSSR count). The Balaban J connectivity index is 1.91. The lowest BCUT2D eigenvalue weighted by atomic mass is 9.87. The van der Waals surface area contributed by atoms with Gasteiger partial charge in [-0.2, -0.15) is 0 Å². The molecule has 0 spiro atoms. The number of rotatable bonds is 2. The third-order valence-corrected chi connectivity index (χ3v) is 4.40. The fourth-order valence-electron chi connectivity index (χ4n) is 2.78. The number of hydrogen-bond donors (Lipinski definition) is 2. The normalized spacial score (nSPS) is 17.6. The Hall–Kier alpha value is -1.55. The number of nitrogens with one attached hydrogen (secondary N) is 1. The predicted octanol–water partition coefficient (Wildman–Crippen LogP) is 4.66. The Morgan fingerprint density at radius 3 is 2.90 bits per heavy atom. The zero-order valence-corrected chi connectivity index (χ0v) is 12.6. The summed E-state index contributed by atoms with van der Waals surface area (Å²) in [6, 6.07) is 11.8. The van der Waals surface area contributed by atoms with E-state index in [9.17, 15) is 4.39 Å². The first-order valence-corrected chi connectivity index (χ1v) is 7.53. The minimum absolute atomic E-state index is 0.236. The van der Waals surface area contributed by atoms with E-state index in [0.29, 0.717) is 10.2 Å². The predicted molar refractivity (Wildman–Crippen MR) is 84.3 cm³/mol. The van der Waals surface area contributed by atoms with E-state index >= 15 is 0 Å². The largest absolute Gasteiger partial charge is 0.397 e. The van der Waals surface area contributed by atoms with Crippen molar-refractivity contribution in [1.29, 1.82) is 0 Å². The Morgan fingerprint density at radius 1 is 1.25 bits per heavy atom. The maximum absolute atomic E-state index is 13.4. The summed E-state index contributed by atoms with van der Waals surface area (Å²) in [6.07, 6.45) is 3.33. The lowest BCUT2D eigenvalue weighted by Gasteiger charge is -2.27. The van der Waals surface area contributed by atoms with Crippen LogP contribution in [0.5, 0.6) is 0 Å². The molecular formula is C16H16BrFN2. The molecule has 0 saturated heterocycles. The van der Waals surface area contributed by atoms with E-state index in [4.69, 9.17) is 5.73 Å². The zero-order chi connectivity index (χ0) is 14.1. The Morgan fingerprint density at radius 2 is 2.05 bits per heavy atom. The lowest BCUT2D eigenvalue weighted by Crippen LogP contribution is -2.18. The topological polar surface area (TPSA) is 38.0 Å². The summed E-state index contributed by atoms with van der Waals surface area (Å²) in [5, 5.41) is 3.45. The van der Waals surface area contributed by atoms with Crippen LogP contribution in [0.1, 0.15) is 30.0 Å². The van der Waals surface area contributed by atoms with Gasteiger partial charge in [-0.3, -0.25) is 0 Å². The molecule has 104 valence electrons. The van der Waals surface area contributed by atoms with Crippen LogP contribution in [0, 0.1) is 5.82 Å². The Labute approximate surface area is 126 Å². The highest BCUT2D eigenvalue weighted by Crippen LogP contribution is 2.35. The van der Waals surface area contributed by atoms with Gasteiger partial charge in [-0.15, -0.1) is 0 Å². The van der Waals surface area contributed by atoms with Crippen LogP contribution in [0.4, 0.5) is 15.8 Å². The quantitative estimate of drug-likeness (QED) is 0.784. The maximum Gasteiger partial charge on any atom is 0.139 e. The number of hydrogen-bond acceptors (Lipinski definition) is 2. The van der Waals surface area contributed by atoms with Crippen molar-refractivity contribution in [2.24, 2.45) is 0 Å². The second-order valence-corrected chi connectivity index (χ2v) is 6.00. The molecule has 20 heavy (non-hydrogen) atoms. The minimum Gasteiger partial charge on any atom is -0.397 e. The van der Waals surface area contributed by atoms with Gasteiger partial charge in [0.15, 0.2) is 0 Å². The van der Waals surface area contributed by atoms with E-state index in [2.05, 4.69) is 45.5 Å². The van der Waals surface area contributed by atoms with Gasteiger partial charge in [0.2, 0.25) is 0 Å². The molecule has 0 heterocycles. The van der Waals surface area contributed by atoms with Crippen LogP contribution in [0.25, 0.3) is 0 Å². The number of fused-ring (bicyclic) bond motifs is 1. The molecule has 0 aromatic heterocycles. The molecule has 1 unspecified atom stereocenters. The number of aryl methyl sites for hydroxylation is 1. The van der Waals surface area contributed by atoms with Gasteiger partial charge < -0.3 is 11.1 Å².